The Morgan fingerprint density at radius 1 is 1.47 bits per heavy atom. The first-order valence-electron chi connectivity index (χ1n) is 6.57. The molecule has 1 saturated heterocycles. The number of aromatic nitrogens is 1. The molecule has 5 heteroatoms. The van der Waals surface area contributed by atoms with Crippen LogP contribution in [0.5, 0.6) is 0 Å². The van der Waals surface area contributed by atoms with E-state index >= 15 is 0 Å². The van der Waals surface area contributed by atoms with Crippen LogP contribution in [0.1, 0.15) is 20.8 Å². The Balaban J connectivity index is 1.67. The number of hydrogen-bond donors (Lipinski definition) is 1. The Hall–Kier alpha value is -1.78. The van der Waals surface area contributed by atoms with E-state index < -0.39 is 5.60 Å². The van der Waals surface area contributed by atoms with Crippen molar-refractivity contribution in [3.05, 3.63) is 24.4 Å². The van der Waals surface area contributed by atoms with E-state index in [1.54, 1.807) is 6.20 Å². The quantitative estimate of drug-likeness (QED) is 0.906. The highest BCUT2D eigenvalue weighted by Gasteiger charge is 2.28. The van der Waals surface area contributed by atoms with Gasteiger partial charge in [-0.25, -0.2) is 9.78 Å². The number of carbonyl (C=O) groups is 1. The van der Waals surface area contributed by atoms with E-state index in [1.165, 1.54) is 0 Å². The Bertz CT molecular complexity index is 422. The van der Waals surface area contributed by atoms with Crippen LogP contribution in [0.4, 0.5) is 10.6 Å². The third kappa shape index (κ3) is 4.12. The third-order valence-electron chi connectivity index (χ3n) is 2.86. The summed E-state index contributed by atoms with van der Waals surface area (Å²) in [5.41, 5.74) is -0.441. The summed E-state index contributed by atoms with van der Waals surface area (Å²) in [6.45, 7) is 8.08. The summed E-state index contributed by atoms with van der Waals surface area (Å²) in [5, 5.41) is 2.80. The summed E-state index contributed by atoms with van der Waals surface area (Å²) in [4.78, 5) is 18.0. The number of anilines is 1. The summed E-state index contributed by atoms with van der Waals surface area (Å²) >= 11 is 0. The van der Waals surface area contributed by atoms with Crippen LogP contribution in [0.15, 0.2) is 24.4 Å². The number of rotatable bonds is 3. The summed E-state index contributed by atoms with van der Waals surface area (Å²) < 4.78 is 5.19. The summed E-state index contributed by atoms with van der Waals surface area (Å²) in [5.74, 6) is 1.46. The lowest BCUT2D eigenvalue weighted by molar-refractivity contribution is 0.0516. The maximum Gasteiger partial charge on any atom is 0.407 e. The predicted octanol–water partition coefficient (Wildman–Crippen LogP) is 2.04. The number of alkyl carbamates (subject to hydrolysis) is 1. The van der Waals surface area contributed by atoms with Crippen LogP contribution < -0.4 is 10.2 Å². The highest BCUT2D eigenvalue weighted by molar-refractivity contribution is 5.67. The van der Waals surface area contributed by atoms with Gasteiger partial charge in [0.25, 0.3) is 0 Å². The van der Waals surface area contributed by atoms with Crippen LogP contribution in [0.2, 0.25) is 0 Å². The van der Waals surface area contributed by atoms with Gasteiger partial charge in [0.2, 0.25) is 0 Å². The Kier molecular flexibility index (Phi) is 3.93. The minimum Gasteiger partial charge on any atom is -0.444 e. The molecule has 0 aromatic carbocycles. The minimum atomic E-state index is -0.441. The van der Waals surface area contributed by atoms with Crippen LogP contribution >= 0.6 is 0 Å². The molecule has 1 aliphatic heterocycles. The maximum atomic E-state index is 11.5. The smallest absolute Gasteiger partial charge is 0.407 e. The van der Waals surface area contributed by atoms with Crippen molar-refractivity contribution in [3.8, 4) is 0 Å². The van der Waals surface area contributed by atoms with Gasteiger partial charge in [-0.1, -0.05) is 6.07 Å². The second-order valence-corrected chi connectivity index (χ2v) is 5.84. The second kappa shape index (κ2) is 5.47. The van der Waals surface area contributed by atoms with E-state index in [0.29, 0.717) is 12.5 Å². The number of hydrogen-bond acceptors (Lipinski definition) is 4. The molecule has 1 aromatic heterocycles. The largest absolute Gasteiger partial charge is 0.444 e. The van der Waals surface area contributed by atoms with Crippen LogP contribution in [-0.4, -0.2) is 36.3 Å². The molecule has 1 fully saturated rings. The van der Waals surface area contributed by atoms with Crippen molar-refractivity contribution < 1.29 is 9.53 Å². The molecule has 0 saturated carbocycles. The lowest BCUT2D eigenvalue weighted by atomic mass is 10.0. The van der Waals surface area contributed by atoms with Crippen molar-refractivity contribution in [1.29, 1.82) is 0 Å². The summed E-state index contributed by atoms with van der Waals surface area (Å²) in [6, 6.07) is 5.89. The van der Waals surface area contributed by atoms with Gasteiger partial charge in [-0.3, -0.25) is 0 Å². The zero-order valence-corrected chi connectivity index (χ0v) is 11.7. The fourth-order valence-electron chi connectivity index (χ4n) is 1.97. The zero-order valence-electron chi connectivity index (χ0n) is 11.7. The van der Waals surface area contributed by atoms with Gasteiger partial charge in [-0.05, 0) is 32.9 Å². The zero-order chi connectivity index (χ0) is 13.9. The van der Waals surface area contributed by atoms with Crippen molar-refractivity contribution in [1.82, 2.24) is 10.3 Å². The number of pyridine rings is 1. The molecule has 1 aromatic rings. The van der Waals surface area contributed by atoms with E-state index in [0.717, 1.165) is 18.9 Å². The molecule has 1 N–H and O–H groups in total. The SMILES string of the molecule is CC(C)(C)OC(=O)NCC1CN(c2ccccn2)C1. The Morgan fingerprint density at radius 3 is 2.79 bits per heavy atom. The van der Waals surface area contributed by atoms with Gasteiger partial charge in [0.15, 0.2) is 0 Å². The molecule has 0 aliphatic carbocycles. The molecular formula is C14H21N3O2. The van der Waals surface area contributed by atoms with Crippen molar-refractivity contribution in [2.45, 2.75) is 26.4 Å². The van der Waals surface area contributed by atoms with Gasteiger partial charge >= 0.3 is 6.09 Å². The fraction of sp³-hybridized carbons (Fsp3) is 0.571. The standard InChI is InChI=1S/C14H21N3O2/c1-14(2,3)19-13(18)16-8-11-9-17(10-11)12-6-4-5-7-15-12/h4-7,11H,8-10H2,1-3H3,(H,16,18). The van der Waals surface area contributed by atoms with Crippen LogP contribution in [-0.2, 0) is 4.74 Å². The van der Waals surface area contributed by atoms with E-state index in [9.17, 15) is 4.79 Å². The molecule has 104 valence electrons. The molecule has 1 aliphatic rings. The first-order valence-corrected chi connectivity index (χ1v) is 6.57. The Labute approximate surface area is 114 Å². The normalized spacial score (nSPS) is 15.8. The van der Waals surface area contributed by atoms with E-state index in [2.05, 4.69) is 15.2 Å². The first-order chi connectivity index (χ1) is 8.94. The highest BCUT2D eigenvalue weighted by Crippen LogP contribution is 2.21. The number of nitrogens with one attached hydrogen (secondary N) is 1. The Morgan fingerprint density at radius 2 is 2.21 bits per heavy atom. The summed E-state index contributed by atoms with van der Waals surface area (Å²) in [7, 11) is 0. The lowest BCUT2D eigenvalue weighted by Crippen LogP contribution is -2.52. The first kappa shape index (κ1) is 13.6. The molecule has 0 unspecified atom stereocenters. The average Bonchev–Trinajstić information content (AvgIpc) is 2.26. The molecule has 0 bridgehead atoms. The molecule has 0 radical (unpaired) electrons. The topological polar surface area (TPSA) is 54.5 Å². The van der Waals surface area contributed by atoms with E-state index in [-0.39, 0.29) is 6.09 Å². The number of amides is 1. The molecular weight excluding hydrogens is 242 g/mol. The molecule has 0 atom stereocenters. The second-order valence-electron chi connectivity index (χ2n) is 5.84. The van der Waals surface area contributed by atoms with Gasteiger partial charge in [-0.15, -0.1) is 0 Å². The van der Waals surface area contributed by atoms with Crippen LogP contribution in [0.25, 0.3) is 0 Å². The molecule has 5 nitrogen and oxygen atoms in total. The predicted molar refractivity (Wildman–Crippen MR) is 74.2 cm³/mol. The van der Waals surface area contributed by atoms with Gasteiger partial charge in [0.05, 0.1) is 0 Å². The molecule has 19 heavy (non-hydrogen) atoms. The average molecular weight is 263 g/mol. The molecule has 0 spiro atoms. The van der Waals surface area contributed by atoms with Gasteiger partial charge < -0.3 is 15.0 Å². The number of ether oxygens (including phenoxy) is 1. The molecule has 2 rings (SSSR count). The van der Waals surface area contributed by atoms with E-state index in [4.69, 9.17) is 4.74 Å². The molecule has 2 heterocycles. The number of nitrogens with zero attached hydrogens (tertiary/aromatic N) is 2. The molecule has 1 amide bonds. The van der Waals surface area contributed by atoms with E-state index in [1.807, 2.05) is 39.0 Å². The van der Waals surface area contributed by atoms with Gasteiger partial charge in [0.1, 0.15) is 11.4 Å². The van der Waals surface area contributed by atoms with Gasteiger partial charge in [0, 0.05) is 31.7 Å². The minimum absolute atomic E-state index is 0.344. The van der Waals surface area contributed by atoms with Crippen molar-refractivity contribution in [3.63, 3.8) is 0 Å². The van der Waals surface area contributed by atoms with Crippen molar-refractivity contribution >= 4 is 11.9 Å². The monoisotopic (exact) mass is 263 g/mol. The fourth-order valence-corrected chi connectivity index (χ4v) is 1.97. The third-order valence-corrected chi connectivity index (χ3v) is 2.86. The van der Waals surface area contributed by atoms with Crippen molar-refractivity contribution in [2.24, 2.45) is 5.92 Å². The van der Waals surface area contributed by atoms with Crippen molar-refractivity contribution in [2.75, 3.05) is 24.5 Å². The van der Waals surface area contributed by atoms with Crippen LogP contribution in [0.3, 0.4) is 0 Å². The van der Waals surface area contributed by atoms with Crippen LogP contribution in [0, 0.1) is 5.92 Å². The number of carbonyl (C=O) groups excluding carboxylic acids is 1. The highest BCUT2D eigenvalue weighted by atomic mass is 16.6. The summed E-state index contributed by atoms with van der Waals surface area (Å²) in [6.07, 6.45) is 1.45. The lowest BCUT2D eigenvalue weighted by Gasteiger charge is -2.40. The maximum absolute atomic E-state index is 11.5. The van der Waals surface area contributed by atoms with Gasteiger partial charge in [-0.2, -0.15) is 0 Å².